The molecule has 2 aromatic heterocycles. The van der Waals surface area contributed by atoms with E-state index < -0.39 is 0 Å². The molecular formula is C23H29N5O. The number of guanidine groups is 1. The van der Waals surface area contributed by atoms with E-state index in [2.05, 4.69) is 51.8 Å². The first-order chi connectivity index (χ1) is 14.3. The van der Waals surface area contributed by atoms with Crippen molar-refractivity contribution < 1.29 is 4.42 Å². The van der Waals surface area contributed by atoms with Crippen LogP contribution in [0.2, 0.25) is 0 Å². The average molecular weight is 392 g/mol. The Morgan fingerprint density at radius 1 is 1.21 bits per heavy atom. The van der Waals surface area contributed by atoms with Gasteiger partial charge in [-0.3, -0.25) is 9.67 Å². The van der Waals surface area contributed by atoms with E-state index in [4.69, 9.17) is 9.41 Å². The van der Waals surface area contributed by atoms with E-state index in [1.54, 1.807) is 6.26 Å². The molecule has 4 rings (SSSR count). The zero-order valence-corrected chi connectivity index (χ0v) is 17.0. The molecule has 0 saturated carbocycles. The largest absolute Gasteiger partial charge is 0.469 e. The molecule has 3 aromatic rings. The number of aromatic nitrogens is 2. The van der Waals surface area contributed by atoms with Crippen molar-refractivity contribution in [2.24, 2.45) is 12.0 Å². The van der Waals surface area contributed by atoms with Crippen molar-refractivity contribution in [1.82, 2.24) is 20.0 Å². The third-order valence-corrected chi connectivity index (χ3v) is 5.42. The second kappa shape index (κ2) is 9.45. The van der Waals surface area contributed by atoms with E-state index in [0.29, 0.717) is 5.92 Å². The summed E-state index contributed by atoms with van der Waals surface area (Å²) in [5.74, 6) is 2.49. The summed E-state index contributed by atoms with van der Waals surface area (Å²) >= 11 is 0. The Morgan fingerprint density at radius 2 is 2.10 bits per heavy atom. The summed E-state index contributed by atoms with van der Waals surface area (Å²) in [6.45, 7) is 3.58. The summed E-state index contributed by atoms with van der Waals surface area (Å²) in [5, 5.41) is 7.93. The molecule has 1 fully saturated rings. The van der Waals surface area contributed by atoms with Gasteiger partial charge >= 0.3 is 0 Å². The predicted molar refractivity (Wildman–Crippen MR) is 115 cm³/mol. The highest BCUT2D eigenvalue weighted by atomic mass is 16.3. The van der Waals surface area contributed by atoms with Crippen molar-refractivity contribution in [2.45, 2.75) is 25.2 Å². The van der Waals surface area contributed by atoms with E-state index in [-0.39, 0.29) is 0 Å². The smallest absolute Gasteiger partial charge is 0.193 e. The minimum absolute atomic E-state index is 0.509. The Hall–Kier alpha value is -3.02. The molecule has 0 amide bonds. The third kappa shape index (κ3) is 5.28. The summed E-state index contributed by atoms with van der Waals surface area (Å²) < 4.78 is 7.33. The van der Waals surface area contributed by atoms with Crippen molar-refractivity contribution in [1.29, 1.82) is 0 Å². The Labute approximate surface area is 172 Å². The van der Waals surface area contributed by atoms with Crippen LogP contribution in [0.4, 0.5) is 0 Å². The van der Waals surface area contributed by atoms with Gasteiger partial charge in [0.25, 0.3) is 0 Å². The van der Waals surface area contributed by atoms with Crippen LogP contribution in [-0.4, -0.2) is 46.8 Å². The standard InChI is InChI=1S/C23H29N5O/c1-27-17-21(16-26-27)20-11-14-28(18-20)23(25-13-10-22-8-5-15-29-22)24-12-9-19-6-3-2-4-7-19/h2-8,15-17,20H,9-14,18H2,1H3,(H,24,25). The van der Waals surface area contributed by atoms with Gasteiger partial charge in [0, 0.05) is 51.8 Å². The number of aliphatic imine (C=N–C) groups is 1. The normalized spacial score (nSPS) is 17.1. The highest BCUT2D eigenvalue weighted by Gasteiger charge is 2.27. The average Bonchev–Trinajstić information content (AvgIpc) is 3.49. The van der Waals surface area contributed by atoms with Gasteiger partial charge in [-0.15, -0.1) is 0 Å². The number of aryl methyl sites for hydroxylation is 1. The van der Waals surface area contributed by atoms with Gasteiger partial charge in [0.05, 0.1) is 12.5 Å². The topological polar surface area (TPSA) is 58.6 Å². The predicted octanol–water partition coefficient (Wildman–Crippen LogP) is 3.23. The molecule has 1 saturated heterocycles. The molecule has 1 N–H and O–H groups in total. The van der Waals surface area contributed by atoms with E-state index in [9.17, 15) is 0 Å². The lowest BCUT2D eigenvalue weighted by atomic mass is 10.0. The van der Waals surface area contributed by atoms with Crippen LogP contribution in [-0.2, 0) is 19.9 Å². The van der Waals surface area contributed by atoms with Gasteiger partial charge in [-0.25, -0.2) is 0 Å². The maximum Gasteiger partial charge on any atom is 0.193 e. The highest BCUT2D eigenvalue weighted by molar-refractivity contribution is 5.80. The van der Waals surface area contributed by atoms with Gasteiger partial charge in [-0.05, 0) is 36.1 Å². The van der Waals surface area contributed by atoms with Crippen LogP contribution in [0.5, 0.6) is 0 Å². The fourth-order valence-corrected chi connectivity index (χ4v) is 3.83. The zero-order chi connectivity index (χ0) is 19.9. The van der Waals surface area contributed by atoms with Crippen LogP contribution in [0.25, 0.3) is 0 Å². The van der Waals surface area contributed by atoms with Gasteiger partial charge in [-0.1, -0.05) is 30.3 Å². The number of benzene rings is 1. The van der Waals surface area contributed by atoms with E-state index in [1.165, 1.54) is 11.1 Å². The zero-order valence-electron chi connectivity index (χ0n) is 17.0. The summed E-state index contributed by atoms with van der Waals surface area (Å²) in [5.41, 5.74) is 2.65. The molecular weight excluding hydrogens is 362 g/mol. The van der Waals surface area contributed by atoms with Crippen LogP contribution >= 0.6 is 0 Å². The van der Waals surface area contributed by atoms with Gasteiger partial charge in [0.15, 0.2) is 5.96 Å². The molecule has 0 bridgehead atoms. The summed E-state index contributed by atoms with van der Waals surface area (Å²) in [6, 6.07) is 14.5. The number of rotatable bonds is 7. The van der Waals surface area contributed by atoms with Gasteiger partial charge in [0.2, 0.25) is 0 Å². The number of nitrogens with zero attached hydrogens (tertiary/aromatic N) is 4. The summed E-state index contributed by atoms with van der Waals surface area (Å²) in [7, 11) is 1.98. The van der Waals surface area contributed by atoms with E-state index in [0.717, 1.165) is 57.2 Å². The second-order valence-electron chi connectivity index (χ2n) is 7.58. The highest BCUT2D eigenvalue weighted by Crippen LogP contribution is 2.26. The van der Waals surface area contributed by atoms with Gasteiger partial charge in [0.1, 0.15) is 5.76 Å². The molecule has 0 spiro atoms. The maximum atomic E-state index is 5.44. The lowest BCUT2D eigenvalue weighted by Crippen LogP contribution is -2.41. The molecule has 6 heteroatoms. The third-order valence-electron chi connectivity index (χ3n) is 5.42. The molecule has 3 heterocycles. The van der Waals surface area contributed by atoms with Crippen molar-refractivity contribution >= 4 is 5.96 Å². The second-order valence-corrected chi connectivity index (χ2v) is 7.58. The Kier molecular flexibility index (Phi) is 6.29. The lowest BCUT2D eigenvalue weighted by molar-refractivity contribution is 0.481. The molecule has 1 unspecified atom stereocenters. The Balaban J connectivity index is 1.38. The van der Waals surface area contributed by atoms with Gasteiger partial charge < -0.3 is 14.6 Å². The first kappa shape index (κ1) is 19.3. The van der Waals surface area contributed by atoms with Crippen LogP contribution in [0.15, 0.2) is 70.5 Å². The molecule has 1 aliphatic heterocycles. The quantitative estimate of drug-likeness (QED) is 0.496. The number of nitrogens with one attached hydrogen (secondary N) is 1. The van der Waals surface area contributed by atoms with Crippen molar-refractivity contribution in [3.8, 4) is 0 Å². The SMILES string of the molecule is Cn1cc(C2CCN(C(=NCCc3ccco3)NCCc3ccccc3)C2)cn1. The number of hydrogen-bond acceptors (Lipinski definition) is 3. The van der Waals surface area contributed by atoms with Crippen LogP contribution < -0.4 is 5.32 Å². The Morgan fingerprint density at radius 3 is 2.86 bits per heavy atom. The minimum atomic E-state index is 0.509. The molecule has 1 atom stereocenters. The number of likely N-dealkylation sites (tertiary alicyclic amines) is 1. The van der Waals surface area contributed by atoms with Crippen LogP contribution in [0.1, 0.15) is 29.2 Å². The first-order valence-corrected chi connectivity index (χ1v) is 10.4. The molecule has 0 radical (unpaired) electrons. The fourth-order valence-electron chi connectivity index (χ4n) is 3.83. The van der Waals surface area contributed by atoms with Crippen molar-refractivity contribution in [2.75, 3.05) is 26.2 Å². The number of furan rings is 1. The Bertz CT molecular complexity index is 901. The fraction of sp³-hybridized carbons (Fsp3) is 0.391. The monoisotopic (exact) mass is 391 g/mol. The van der Waals surface area contributed by atoms with Crippen molar-refractivity contribution in [3.63, 3.8) is 0 Å². The number of hydrogen-bond donors (Lipinski definition) is 1. The minimum Gasteiger partial charge on any atom is -0.469 e. The van der Waals surface area contributed by atoms with E-state index in [1.807, 2.05) is 30.1 Å². The molecule has 29 heavy (non-hydrogen) atoms. The van der Waals surface area contributed by atoms with E-state index >= 15 is 0 Å². The molecule has 1 aliphatic rings. The molecule has 1 aromatic carbocycles. The van der Waals surface area contributed by atoms with Crippen LogP contribution in [0, 0.1) is 0 Å². The van der Waals surface area contributed by atoms with Crippen molar-refractivity contribution in [3.05, 3.63) is 78.0 Å². The summed E-state index contributed by atoms with van der Waals surface area (Å²) in [4.78, 5) is 7.28. The first-order valence-electron chi connectivity index (χ1n) is 10.4. The molecule has 0 aliphatic carbocycles. The molecule has 152 valence electrons. The maximum absolute atomic E-state index is 5.44. The van der Waals surface area contributed by atoms with Gasteiger partial charge in [-0.2, -0.15) is 5.10 Å². The molecule has 6 nitrogen and oxygen atoms in total. The lowest BCUT2D eigenvalue weighted by Gasteiger charge is -2.22. The van der Waals surface area contributed by atoms with Crippen LogP contribution in [0.3, 0.4) is 0 Å². The summed E-state index contributed by atoms with van der Waals surface area (Å²) in [6.07, 6.45) is 8.77.